The van der Waals surface area contributed by atoms with E-state index in [4.69, 9.17) is 9.97 Å². The summed E-state index contributed by atoms with van der Waals surface area (Å²) in [5, 5.41) is 4.54. The first kappa shape index (κ1) is 20.2. The van der Waals surface area contributed by atoms with Crippen LogP contribution < -0.4 is 15.1 Å². The van der Waals surface area contributed by atoms with Gasteiger partial charge in [-0.25, -0.2) is 9.37 Å². The van der Waals surface area contributed by atoms with Crippen molar-refractivity contribution < 1.29 is 4.39 Å². The first-order chi connectivity index (χ1) is 15.8. The van der Waals surface area contributed by atoms with Crippen molar-refractivity contribution in [3.63, 3.8) is 0 Å². The Hall–Kier alpha value is -3.67. The molecule has 3 aromatic carbocycles. The van der Waals surface area contributed by atoms with Gasteiger partial charge in [-0.3, -0.25) is 0 Å². The lowest BCUT2D eigenvalue weighted by molar-refractivity contribution is 0.627. The summed E-state index contributed by atoms with van der Waals surface area (Å²) < 4.78 is 13.3. The second-order valence-electron chi connectivity index (χ2n) is 8.03. The molecule has 5 nitrogen and oxygen atoms in total. The largest absolute Gasteiger partial charge is 0.370 e. The van der Waals surface area contributed by atoms with Crippen molar-refractivity contribution in [1.29, 1.82) is 0 Å². The average Bonchev–Trinajstić information content (AvgIpc) is 3.10. The smallest absolute Gasteiger partial charge is 0.227 e. The average molecular weight is 428 g/mol. The van der Waals surface area contributed by atoms with Crippen molar-refractivity contribution in [3.8, 4) is 0 Å². The van der Waals surface area contributed by atoms with Crippen molar-refractivity contribution in [1.82, 2.24) is 9.97 Å². The molecule has 0 amide bonds. The van der Waals surface area contributed by atoms with Crippen LogP contribution in [0.25, 0.3) is 10.9 Å². The molecule has 0 aliphatic carbocycles. The lowest BCUT2D eigenvalue weighted by Gasteiger charge is -2.24. The highest BCUT2D eigenvalue weighted by Crippen LogP contribution is 2.25. The minimum absolute atomic E-state index is 0.203. The maximum Gasteiger partial charge on any atom is 0.227 e. The highest BCUT2D eigenvalue weighted by atomic mass is 19.1. The summed E-state index contributed by atoms with van der Waals surface area (Å²) >= 11 is 0. The first-order valence-electron chi connectivity index (χ1n) is 11.1. The summed E-state index contributed by atoms with van der Waals surface area (Å²) in [5.74, 6) is 1.40. The predicted octanol–water partition coefficient (Wildman–Crippen LogP) is 5.10. The highest BCUT2D eigenvalue weighted by molar-refractivity contribution is 5.90. The molecule has 5 rings (SSSR count). The van der Waals surface area contributed by atoms with E-state index >= 15 is 0 Å². The summed E-state index contributed by atoms with van der Waals surface area (Å²) in [7, 11) is 0. The fraction of sp³-hybridized carbons (Fsp3) is 0.231. The number of fused-ring (bicyclic) bond motifs is 1. The minimum atomic E-state index is -0.203. The summed E-state index contributed by atoms with van der Waals surface area (Å²) in [6.45, 7) is 4.17. The van der Waals surface area contributed by atoms with E-state index < -0.39 is 0 Å². The van der Waals surface area contributed by atoms with Gasteiger partial charge in [0.2, 0.25) is 5.95 Å². The molecule has 6 heteroatoms. The second kappa shape index (κ2) is 9.22. The third-order valence-corrected chi connectivity index (χ3v) is 5.86. The molecule has 1 fully saturated rings. The van der Waals surface area contributed by atoms with Gasteiger partial charge in [0.15, 0.2) is 0 Å². The molecule has 4 aromatic rings. The van der Waals surface area contributed by atoms with Crippen LogP contribution in [-0.2, 0) is 6.54 Å². The van der Waals surface area contributed by atoms with Crippen LogP contribution in [0.4, 0.5) is 21.8 Å². The Kier molecular flexibility index (Phi) is 5.83. The number of aromatic nitrogens is 2. The number of rotatable bonds is 5. The van der Waals surface area contributed by atoms with Crippen LogP contribution >= 0.6 is 0 Å². The molecule has 1 aromatic heterocycles. The fourth-order valence-electron chi connectivity index (χ4n) is 4.15. The van der Waals surface area contributed by atoms with Crippen LogP contribution in [0.3, 0.4) is 0 Å². The summed E-state index contributed by atoms with van der Waals surface area (Å²) in [4.78, 5) is 14.4. The summed E-state index contributed by atoms with van der Waals surface area (Å²) in [6, 6.07) is 25.2. The van der Waals surface area contributed by atoms with E-state index in [2.05, 4.69) is 33.3 Å². The van der Waals surface area contributed by atoms with Gasteiger partial charge in [-0.2, -0.15) is 4.98 Å². The molecule has 162 valence electrons. The Bertz CT molecular complexity index is 1180. The van der Waals surface area contributed by atoms with Crippen LogP contribution in [0.2, 0.25) is 0 Å². The van der Waals surface area contributed by atoms with E-state index in [1.807, 2.05) is 48.5 Å². The van der Waals surface area contributed by atoms with E-state index in [9.17, 15) is 4.39 Å². The predicted molar refractivity (Wildman–Crippen MR) is 129 cm³/mol. The van der Waals surface area contributed by atoms with Gasteiger partial charge in [-0.1, -0.05) is 42.5 Å². The number of anilines is 3. The molecule has 0 unspecified atom stereocenters. The molecule has 2 heterocycles. The maximum absolute atomic E-state index is 13.3. The fourth-order valence-corrected chi connectivity index (χ4v) is 4.15. The molecule has 32 heavy (non-hydrogen) atoms. The van der Waals surface area contributed by atoms with E-state index in [1.165, 1.54) is 17.7 Å². The lowest BCUT2D eigenvalue weighted by Crippen LogP contribution is -2.31. The van der Waals surface area contributed by atoms with Gasteiger partial charge in [-0.15, -0.1) is 0 Å². The minimum Gasteiger partial charge on any atom is -0.370 e. The van der Waals surface area contributed by atoms with Gasteiger partial charge in [-0.05, 0) is 48.4 Å². The Morgan fingerprint density at radius 2 is 1.47 bits per heavy atom. The Morgan fingerprint density at radius 1 is 0.750 bits per heavy atom. The van der Waals surface area contributed by atoms with E-state index in [1.54, 1.807) is 0 Å². The van der Waals surface area contributed by atoms with Crippen molar-refractivity contribution in [3.05, 3.63) is 90.2 Å². The van der Waals surface area contributed by atoms with Gasteiger partial charge in [0, 0.05) is 43.8 Å². The molecule has 1 N–H and O–H groups in total. The van der Waals surface area contributed by atoms with E-state index in [0.717, 1.165) is 61.0 Å². The first-order valence-corrected chi connectivity index (χ1v) is 11.1. The lowest BCUT2D eigenvalue weighted by atomic mass is 10.2. The maximum atomic E-state index is 13.3. The molecule has 1 aliphatic heterocycles. The third-order valence-electron chi connectivity index (χ3n) is 5.86. The van der Waals surface area contributed by atoms with Crippen molar-refractivity contribution in [2.75, 3.05) is 41.3 Å². The monoisotopic (exact) mass is 427 g/mol. The Morgan fingerprint density at radius 3 is 2.31 bits per heavy atom. The second-order valence-corrected chi connectivity index (χ2v) is 8.03. The standard InChI is InChI=1S/C26H26FN5/c27-21-11-13-22(14-12-21)31-15-6-16-32(18-17-31)26-29-24-10-5-4-9-23(24)25(30-26)28-19-20-7-2-1-3-8-20/h1-5,7-14H,6,15-19H2,(H,28,29,30). The van der Waals surface area contributed by atoms with Crippen LogP contribution in [0.15, 0.2) is 78.9 Å². The molecule has 1 saturated heterocycles. The van der Waals surface area contributed by atoms with Crippen molar-refractivity contribution in [2.45, 2.75) is 13.0 Å². The molecule has 0 radical (unpaired) electrons. The molecule has 0 bridgehead atoms. The van der Waals surface area contributed by atoms with E-state index in [-0.39, 0.29) is 5.82 Å². The van der Waals surface area contributed by atoms with E-state index in [0.29, 0.717) is 6.54 Å². The number of halogens is 1. The van der Waals surface area contributed by atoms with Crippen LogP contribution in [0.1, 0.15) is 12.0 Å². The molecule has 0 spiro atoms. The topological polar surface area (TPSA) is 44.3 Å². The summed E-state index contributed by atoms with van der Waals surface area (Å²) in [6.07, 6.45) is 0.986. The van der Waals surface area contributed by atoms with Crippen LogP contribution in [-0.4, -0.2) is 36.1 Å². The van der Waals surface area contributed by atoms with Gasteiger partial charge in [0.05, 0.1) is 5.52 Å². The normalized spacial score (nSPS) is 14.4. The van der Waals surface area contributed by atoms with Crippen LogP contribution in [0.5, 0.6) is 0 Å². The van der Waals surface area contributed by atoms with Crippen LogP contribution in [0, 0.1) is 5.82 Å². The number of hydrogen-bond donors (Lipinski definition) is 1. The molecule has 0 saturated carbocycles. The molecule has 1 aliphatic rings. The number of nitrogens with zero attached hydrogens (tertiary/aromatic N) is 4. The molecular weight excluding hydrogens is 401 g/mol. The quantitative estimate of drug-likeness (QED) is 0.480. The van der Waals surface area contributed by atoms with Gasteiger partial charge >= 0.3 is 0 Å². The highest BCUT2D eigenvalue weighted by Gasteiger charge is 2.19. The van der Waals surface area contributed by atoms with Gasteiger partial charge in [0.1, 0.15) is 11.6 Å². The zero-order chi connectivity index (χ0) is 21.8. The summed E-state index contributed by atoms with van der Waals surface area (Å²) in [5.41, 5.74) is 3.20. The molecular formula is C26H26FN5. The zero-order valence-corrected chi connectivity index (χ0v) is 17.9. The molecule has 0 atom stereocenters. The van der Waals surface area contributed by atoms with Crippen molar-refractivity contribution >= 4 is 28.4 Å². The third kappa shape index (κ3) is 4.49. The SMILES string of the molecule is Fc1ccc(N2CCCN(c3nc(NCc4ccccc4)c4ccccc4n3)CC2)cc1. The van der Waals surface area contributed by atoms with Gasteiger partial charge in [0.25, 0.3) is 0 Å². The van der Waals surface area contributed by atoms with Gasteiger partial charge < -0.3 is 15.1 Å². The number of benzene rings is 3. The number of nitrogens with one attached hydrogen (secondary N) is 1. The number of hydrogen-bond acceptors (Lipinski definition) is 5. The Labute approximate surface area is 187 Å². The number of para-hydroxylation sites is 1. The van der Waals surface area contributed by atoms with Crippen molar-refractivity contribution in [2.24, 2.45) is 0 Å². The zero-order valence-electron chi connectivity index (χ0n) is 17.9. The Balaban J connectivity index is 1.38.